The number of rotatable bonds is 1. The van der Waals surface area contributed by atoms with Crippen LogP contribution < -0.4 is 0 Å². The topological polar surface area (TPSA) is 59.9 Å². The van der Waals surface area contributed by atoms with Crippen LogP contribution in [0.15, 0.2) is 94.9 Å². The number of hydrogen-bond donors (Lipinski definition) is 0. The maximum atomic E-state index is 13.0. The van der Waals surface area contributed by atoms with Gasteiger partial charge in [-0.15, -0.1) is 0 Å². The highest BCUT2D eigenvalue weighted by Crippen LogP contribution is 2.46. The fourth-order valence-corrected chi connectivity index (χ4v) is 5.74. The van der Waals surface area contributed by atoms with Crippen molar-refractivity contribution in [2.45, 2.75) is 9.79 Å². The van der Waals surface area contributed by atoms with Gasteiger partial charge in [-0.05, 0) is 12.1 Å². The predicted molar refractivity (Wildman–Crippen MR) is 113 cm³/mol. The van der Waals surface area contributed by atoms with Gasteiger partial charge in [-0.3, -0.25) is 4.98 Å². The van der Waals surface area contributed by atoms with Crippen molar-refractivity contribution in [2.75, 3.05) is 0 Å². The molecule has 5 aromatic rings. The van der Waals surface area contributed by atoms with E-state index in [-0.39, 0.29) is 4.90 Å². The molecule has 0 N–H and O–H groups in total. The largest absolute Gasteiger partial charge is 0.253 e. The second-order valence-corrected chi connectivity index (χ2v) is 8.98. The summed E-state index contributed by atoms with van der Waals surface area (Å²) in [6.07, 6.45) is 1.48. The van der Waals surface area contributed by atoms with Crippen molar-refractivity contribution in [1.29, 1.82) is 0 Å². The molecule has 6 rings (SSSR count). The Morgan fingerprint density at radius 2 is 1.45 bits per heavy atom. The summed E-state index contributed by atoms with van der Waals surface area (Å²) in [5.74, 6) is 0. The fraction of sp³-hybridized carbons (Fsp3) is 0. The molecule has 138 valence electrons. The minimum absolute atomic E-state index is 0.268. The first kappa shape index (κ1) is 16.4. The minimum atomic E-state index is -3.54. The molecule has 0 unspecified atom stereocenters. The van der Waals surface area contributed by atoms with E-state index >= 15 is 0 Å². The molecule has 1 aliphatic heterocycles. The molecule has 29 heavy (non-hydrogen) atoms. The van der Waals surface area contributed by atoms with Crippen LogP contribution in [0.25, 0.3) is 44.2 Å². The standard InChI is InChI=1S/C24H14N2O2S/c27-29(28)20-9-5-4-8-17(20)22-18-12-10-16-11-13-19(15-6-2-1-3-7-15)26-23(16)24(18)25-14-21(22)29/h1-14H. The predicted octanol–water partition coefficient (Wildman–Crippen LogP) is 5.26. The molecule has 0 amide bonds. The van der Waals surface area contributed by atoms with Gasteiger partial charge in [0.05, 0.1) is 26.5 Å². The minimum Gasteiger partial charge on any atom is -0.253 e. The molecule has 0 spiro atoms. The summed E-state index contributed by atoms with van der Waals surface area (Å²) in [5.41, 5.74) is 4.83. The summed E-state index contributed by atoms with van der Waals surface area (Å²) in [7, 11) is -3.54. The van der Waals surface area contributed by atoms with E-state index in [4.69, 9.17) is 4.98 Å². The first-order valence-electron chi connectivity index (χ1n) is 9.27. The van der Waals surface area contributed by atoms with E-state index in [2.05, 4.69) is 4.98 Å². The van der Waals surface area contributed by atoms with Crippen molar-refractivity contribution in [3.05, 3.63) is 85.1 Å². The van der Waals surface area contributed by atoms with Crippen molar-refractivity contribution < 1.29 is 8.42 Å². The van der Waals surface area contributed by atoms with Crippen LogP contribution in [0, 0.1) is 0 Å². The van der Waals surface area contributed by atoms with Gasteiger partial charge in [-0.2, -0.15) is 0 Å². The smallest absolute Gasteiger partial charge is 0.209 e. The lowest BCUT2D eigenvalue weighted by atomic mass is 9.99. The summed E-state index contributed by atoms with van der Waals surface area (Å²) in [5, 5.41) is 1.78. The molecule has 3 heterocycles. The summed E-state index contributed by atoms with van der Waals surface area (Å²) in [6, 6.07) is 25.1. The van der Waals surface area contributed by atoms with Crippen molar-refractivity contribution in [2.24, 2.45) is 0 Å². The van der Waals surface area contributed by atoms with E-state index in [0.29, 0.717) is 10.4 Å². The molecule has 1 aliphatic rings. The Kier molecular flexibility index (Phi) is 3.23. The van der Waals surface area contributed by atoms with Crippen molar-refractivity contribution in [1.82, 2.24) is 9.97 Å². The molecule has 0 bridgehead atoms. The second-order valence-electron chi connectivity index (χ2n) is 7.09. The van der Waals surface area contributed by atoms with Gasteiger partial charge >= 0.3 is 0 Å². The highest BCUT2D eigenvalue weighted by Gasteiger charge is 2.34. The number of benzene rings is 3. The first-order valence-corrected chi connectivity index (χ1v) is 10.8. The Labute approximate surface area is 167 Å². The zero-order valence-corrected chi connectivity index (χ0v) is 16.0. The third kappa shape index (κ3) is 2.22. The molecular formula is C24H14N2O2S. The number of hydrogen-bond acceptors (Lipinski definition) is 4. The number of pyridine rings is 2. The number of sulfone groups is 1. The van der Waals surface area contributed by atoms with Crippen LogP contribution in [0.3, 0.4) is 0 Å². The molecule has 0 saturated carbocycles. The normalized spacial score (nSPS) is 14.1. The lowest BCUT2D eigenvalue weighted by molar-refractivity contribution is 0.598. The summed E-state index contributed by atoms with van der Waals surface area (Å²) >= 11 is 0. The van der Waals surface area contributed by atoms with E-state index in [1.807, 2.05) is 66.7 Å². The quantitative estimate of drug-likeness (QED) is 0.357. The van der Waals surface area contributed by atoms with Crippen LogP contribution in [0.5, 0.6) is 0 Å². The van der Waals surface area contributed by atoms with Crippen molar-refractivity contribution in [3.8, 4) is 22.4 Å². The average molecular weight is 394 g/mol. The molecule has 4 nitrogen and oxygen atoms in total. The second kappa shape index (κ2) is 5.72. The lowest BCUT2D eigenvalue weighted by Gasteiger charge is -2.09. The highest BCUT2D eigenvalue weighted by molar-refractivity contribution is 7.92. The van der Waals surface area contributed by atoms with Gasteiger partial charge in [0, 0.05) is 33.7 Å². The van der Waals surface area contributed by atoms with E-state index in [9.17, 15) is 8.42 Å². The van der Waals surface area contributed by atoms with Crippen molar-refractivity contribution >= 4 is 31.6 Å². The van der Waals surface area contributed by atoms with E-state index in [1.165, 1.54) is 6.20 Å². The van der Waals surface area contributed by atoms with Gasteiger partial charge in [-0.1, -0.05) is 66.7 Å². The maximum Gasteiger partial charge on any atom is 0.209 e. The van der Waals surface area contributed by atoms with Crippen LogP contribution in [0.1, 0.15) is 0 Å². The molecule has 0 atom stereocenters. The summed E-state index contributed by atoms with van der Waals surface area (Å²) < 4.78 is 25.9. The zero-order chi connectivity index (χ0) is 19.6. The van der Waals surface area contributed by atoms with E-state index in [1.54, 1.807) is 12.1 Å². The third-order valence-corrected chi connectivity index (χ3v) is 7.29. The molecule has 0 aliphatic carbocycles. The lowest BCUT2D eigenvalue weighted by Crippen LogP contribution is -1.97. The maximum absolute atomic E-state index is 13.0. The Balaban J connectivity index is 1.72. The molecule has 0 fully saturated rings. The van der Waals surface area contributed by atoms with E-state index < -0.39 is 9.84 Å². The van der Waals surface area contributed by atoms with Crippen LogP contribution in [-0.2, 0) is 9.84 Å². The fourth-order valence-electron chi connectivity index (χ4n) is 4.10. The monoisotopic (exact) mass is 394 g/mol. The van der Waals surface area contributed by atoms with Gasteiger partial charge in [0.25, 0.3) is 0 Å². The van der Waals surface area contributed by atoms with Gasteiger partial charge in [0.1, 0.15) is 0 Å². The molecule has 2 aromatic heterocycles. The number of nitrogens with zero attached hydrogens (tertiary/aromatic N) is 2. The van der Waals surface area contributed by atoms with Gasteiger partial charge < -0.3 is 0 Å². The molecular weight excluding hydrogens is 380 g/mol. The Hall–Kier alpha value is -3.57. The summed E-state index contributed by atoms with van der Waals surface area (Å²) in [4.78, 5) is 10.0. The number of aromatic nitrogens is 2. The van der Waals surface area contributed by atoms with Crippen molar-refractivity contribution in [3.63, 3.8) is 0 Å². The van der Waals surface area contributed by atoms with Gasteiger partial charge in [0.2, 0.25) is 9.84 Å². The van der Waals surface area contributed by atoms with Crippen LogP contribution >= 0.6 is 0 Å². The number of fused-ring (bicyclic) bond motifs is 7. The molecule has 0 radical (unpaired) electrons. The Bertz CT molecular complexity index is 1560. The van der Waals surface area contributed by atoms with Crippen LogP contribution in [0.2, 0.25) is 0 Å². The molecule has 3 aromatic carbocycles. The first-order chi connectivity index (χ1) is 14.1. The SMILES string of the molecule is O=S1(=O)c2ccccc2-c2c1cnc1c2ccc2ccc(-c3ccccc3)nc21. The summed E-state index contributed by atoms with van der Waals surface area (Å²) in [6.45, 7) is 0. The highest BCUT2D eigenvalue weighted by atomic mass is 32.2. The van der Waals surface area contributed by atoms with Crippen LogP contribution in [0.4, 0.5) is 0 Å². The van der Waals surface area contributed by atoms with Gasteiger partial charge in [-0.25, -0.2) is 13.4 Å². The van der Waals surface area contributed by atoms with Crippen LogP contribution in [-0.4, -0.2) is 18.4 Å². The van der Waals surface area contributed by atoms with E-state index in [0.717, 1.165) is 38.7 Å². The third-order valence-electron chi connectivity index (χ3n) is 5.47. The zero-order valence-electron chi connectivity index (χ0n) is 15.2. The molecule has 5 heteroatoms. The van der Waals surface area contributed by atoms with Gasteiger partial charge in [0.15, 0.2) is 0 Å². The Morgan fingerprint density at radius 1 is 0.690 bits per heavy atom. The molecule has 0 saturated heterocycles. The average Bonchev–Trinajstić information content (AvgIpc) is 3.01. The Morgan fingerprint density at radius 3 is 2.31 bits per heavy atom.